The Morgan fingerprint density at radius 2 is 1.62 bits per heavy atom. The highest BCUT2D eigenvalue weighted by molar-refractivity contribution is 5.63. The third-order valence-electron chi connectivity index (χ3n) is 6.57. The molecule has 1 aromatic rings. The molecule has 0 aromatic heterocycles. The van der Waals surface area contributed by atoms with Gasteiger partial charge in [0.15, 0.2) is 0 Å². The van der Waals surface area contributed by atoms with Crippen LogP contribution >= 0.6 is 0 Å². The molecule has 0 saturated heterocycles. The van der Waals surface area contributed by atoms with E-state index >= 15 is 0 Å². The van der Waals surface area contributed by atoms with Crippen LogP contribution in [0.15, 0.2) is 78.1 Å². The second-order valence-electron chi connectivity index (χ2n) is 10.8. The van der Waals surface area contributed by atoms with Crippen LogP contribution in [-0.2, 0) is 0 Å². The van der Waals surface area contributed by atoms with E-state index in [1.807, 2.05) is 13.8 Å². The van der Waals surface area contributed by atoms with Crippen molar-refractivity contribution in [2.75, 3.05) is 0 Å². The van der Waals surface area contributed by atoms with Gasteiger partial charge in [0.25, 0.3) is 0 Å². The Kier molecular flexibility index (Phi) is 12.4. The normalized spacial score (nSPS) is 18.1. The van der Waals surface area contributed by atoms with Gasteiger partial charge in [-0.25, -0.2) is 0 Å². The van der Waals surface area contributed by atoms with E-state index in [2.05, 4.69) is 109 Å². The van der Waals surface area contributed by atoms with Gasteiger partial charge in [0.05, 0.1) is 0 Å². The molecular formula is C33H51N. The van der Waals surface area contributed by atoms with Crippen LogP contribution in [0.1, 0.15) is 98.6 Å². The first kappa shape index (κ1) is 29.8. The highest BCUT2D eigenvalue weighted by Crippen LogP contribution is 2.41. The molecule has 0 heterocycles. The molecule has 1 heteroatoms. The summed E-state index contributed by atoms with van der Waals surface area (Å²) in [6.07, 6.45) is 13.9. The van der Waals surface area contributed by atoms with Gasteiger partial charge in [-0.3, -0.25) is 0 Å². The minimum absolute atomic E-state index is 0.173. The summed E-state index contributed by atoms with van der Waals surface area (Å²) in [4.78, 5) is 0. The predicted octanol–water partition coefficient (Wildman–Crippen LogP) is 10.2. The molecule has 1 unspecified atom stereocenters. The molecule has 0 aliphatic heterocycles. The smallest absolute Gasteiger partial charge is 0.0382 e. The van der Waals surface area contributed by atoms with E-state index in [0.29, 0.717) is 5.92 Å². The Hall–Kier alpha value is -2.28. The van der Waals surface area contributed by atoms with Crippen molar-refractivity contribution in [1.29, 1.82) is 0 Å². The maximum atomic E-state index is 4.22. The van der Waals surface area contributed by atoms with Crippen molar-refractivity contribution in [3.63, 3.8) is 0 Å². The Balaban J connectivity index is 0.000000615. The number of allylic oxidation sites excluding steroid dienone is 7. The summed E-state index contributed by atoms with van der Waals surface area (Å²) in [5.74, 6) is 1.44. The number of nitrogens with one attached hydrogen (secondary N) is 1. The number of hydrogen-bond donors (Lipinski definition) is 1. The molecule has 1 fully saturated rings. The standard InChI is InChI=1S/C25H33N.C6H12.C2H6/c1-9-18(3)22-15-23(24(16-22)25(6,7)8)14-19(4)26-20(5)21-12-10-17(2)11-13-21;1-6-4-2-3-5-6;1-2/h10-16,24,26H,3,5,9H2,1-2,4,6-8H3;6H,2-5H2,1H3;1-2H3/b19-14+;;. The molecule has 1 atom stereocenters. The first-order chi connectivity index (χ1) is 16.0. The van der Waals surface area contributed by atoms with Crippen LogP contribution in [0.5, 0.6) is 0 Å². The molecule has 3 rings (SSSR count). The molecule has 34 heavy (non-hydrogen) atoms. The fraction of sp³-hybridized carbons (Fsp3) is 0.515. The maximum Gasteiger partial charge on any atom is 0.0382 e. The van der Waals surface area contributed by atoms with Crippen LogP contribution in [-0.4, -0.2) is 0 Å². The molecule has 1 aromatic carbocycles. The van der Waals surface area contributed by atoms with Gasteiger partial charge in [-0.2, -0.15) is 0 Å². The van der Waals surface area contributed by atoms with Crippen molar-refractivity contribution in [3.05, 3.63) is 89.2 Å². The summed E-state index contributed by atoms with van der Waals surface area (Å²) < 4.78 is 0. The van der Waals surface area contributed by atoms with Crippen LogP contribution in [0.25, 0.3) is 5.70 Å². The Morgan fingerprint density at radius 1 is 1.06 bits per heavy atom. The monoisotopic (exact) mass is 461 g/mol. The van der Waals surface area contributed by atoms with Crippen molar-refractivity contribution >= 4 is 5.70 Å². The summed E-state index contributed by atoms with van der Waals surface area (Å²) in [7, 11) is 0. The third-order valence-corrected chi connectivity index (χ3v) is 6.57. The van der Waals surface area contributed by atoms with E-state index in [0.717, 1.165) is 29.3 Å². The third kappa shape index (κ3) is 9.53. The molecule has 1 saturated carbocycles. The minimum Gasteiger partial charge on any atom is -0.359 e. The molecule has 0 bridgehead atoms. The first-order valence-electron chi connectivity index (χ1n) is 13.3. The van der Waals surface area contributed by atoms with Gasteiger partial charge in [-0.05, 0) is 60.0 Å². The zero-order valence-corrected chi connectivity index (χ0v) is 23.6. The lowest BCUT2D eigenvalue weighted by atomic mass is 9.77. The lowest BCUT2D eigenvalue weighted by molar-refractivity contribution is 0.337. The number of hydrogen-bond acceptors (Lipinski definition) is 1. The molecule has 0 amide bonds. The number of aryl methyl sites for hydroxylation is 1. The average Bonchev–Trinajstić information content (AvgIpc) is 3.44. The molecule has 1 N–H and O–H groups in total. The van der Waals surface area contributed by atoms with Gasteiger partial charge in [0.1, 0.15) is 0 Å². The molecule has 0 radical (unpaired) electrons. The zero-order valence-electron chi connectivity index (χ0n) is 23.6. The van der Waals surface area contributed by atoms with E-state index in [9.17, 15) is 0 Å². The predicted molar refractivity (Wildman–Crippen MR) is 155 cm³/mol. The lowest BCUT2D eigenvalue weighted by Crippen LogP contribution is -2.19. The summed E-state index contributed by atoms with van der Waals surface area (Å²) in [5, 5.41) is 3.45. The Labute approximate surface area is 211 Å². The van der Waals surface area contributed by atoms with E-state index < -0.39 is 0 Å². The highest BCUT2D eigenvalue weighted by Gasteiger charge is 2.29. The largest absolute Gasteiger partial charge is 0.359 e. The maximum absolute atomic E-state index is 4.22. The summed E-state index contributed by atoms with van der Waals surface area (Å²) >= 11 is 0. The number of benzene rings is 1. The molecular weight excluding hydrogens is 410 g/mol. The molecule has 1 nitrogen and oxygen atoms in total. The fourth-order valence-electron chi connectivity index (χ4n) is 4.38. The fourth-order valence-corrected chi connectivity index (χ4v) is 4.38. The Morgan fingerprint density at radius 3 is 2.06 bits per heavy atom. The van der Waals surface area contributed by atoms with E-state index in [4.69, 9.17) is 0 Å². The number of rotatable bonds is 6. The zero-order chi connectivity index (χ0) is 25.9. The molecule has 188 valence electrons. The summed E-state index contributed by atoms with van der Waals surface area (Å²) in [6, 6.07) is 8.44. The quantitative estimate of drug-likeness (QED) is 0.444. The van der Waals surface area contributed by atoms with Crippen LogP contribution in [0.3, 0.4) is 0 Å². The van der Waals surface area contributed by atoms with Crippen molar-refractivity contribution in [2.45, 2.75) is 94.4 Å². The van der Waals surface area contributed by atoms with E-state index in [1.165, 1.54) is 48.0 Å². The van der Waals surface area contributed by atoms with Crippen molar-refractivity contribution in [2.24, 2.45) is 17.3 Å². The van der Waals surface area contributed by atoms with Crippen LogP contribution in [0.4, 0.5) is 0 Å². The topological polar surface area (TPSA) is 12.0 Å². The highest BCUT2D eigenvalue weighted by atomic mass is 14.9. The molecule has 2 aliphatic rings. The lowest BCUT2D eigenvalue weighted by Gasteiger charge is -2.27. The van der Waals surface area contributed by atoms with Crippen LogP contribution in [0.2, 0.25) is 0 Å². The second kappa shape index (κ2) is 14.2. The molecule has 2 aliphatic carbocycles. The van der Waals surface area contributed by atoms with Crippen LogP contribution in [0, 0.1) is 24.2 Å². The minimum atomic E-state index is 0.173. The van der Waals surface area contributed by atoms with Crippen LogP contribution < -0.4 is 5.32 Å². The molecule has 0 spiro atoms. The van der Waals surface area contributed by atoms with Gasteiger partial charge < -0.3 is 5.32 Å². The van der Waals surface area contributed by atoms with Crippen molar-refractivity contribution in [1.82, 2.24) is 5.32 Å². The van der Waals surface area contributed by atoms with Gasteiger partial charge >= 0.3 is 0 Å². The van der Waals surface area contributed by atoms with E-state index in [-0.39, 0.29) is 5.41 Å². The van der Waals surface area contributed by atoms with Gasteiger partial charge in [-0.15, -0.1) is 0 Å². The van der Waals surface area contributed by atoms with Gasteiger partial charge in [-0.1, -0.05) is 129 Å². The van der Waals surface area contributed by atoms with E-state index in [1.54, 1.807) is 0 Å². The summed E-state index contributed by atoms with van der Waals surface area (Å²) in [6.45, 7) is 28.0. The summed E-state index contributed by atoms with van der Waals surface area (Å²) in [5.41, 5.74) is 8.41. The van der Waals surface area contributed by atoms with Gasteiger partial charge in [0.2, 0.25) is 0 Å². The van der Waals surface area contributed by atoms with Crippen molar-refractivity contribution in [3.8, 4) is 0 Å². The van der Waals surface area contributed by atoms with Gasteiger partial charge in [0, 0.05) is 17.3 Å². The Bertz CT molecular complexity index is 877. The SMILES string of the molecule is C=C(CC)C1=CC(C(C)(C)C)C(/C=C(\C)NC(=C)c2ccc(C)cc2)=C1.CC.CC1CCCC1. The van der Waals surface area contributed by atoms with Crippen molar-refractivity contribution < 1.29 is 0 Å². The first-order valence-corrected chi connectivity index (χ1v) is 13.3. The second-order valence-corrected chi connectivity index (χ2v) is 10.8. The average molecular weight is 462 g/mol.